The van der Waals surface area contributed by atoms with Crippen molar-refractivity contribution in [3.63, 3.8) is 0 Å². The lowest BCUT2D eigenvalue weighted by Gasteiger charge is -2.08. The highest BCUT2D eigenvalue weighted by atomic mass is 32.1. The van der Waals surface area contributed by atoms with Crippen molar-refractivity contribution < 1.29 is 22.4 Å². The van der Waals surface area contributed by atoms with E-state index in [2.05, 4.69) is 20.8 Å². The van der Waals surface area contributed by atoms with Crippen LogP contribution in [0.1, 0.15) is 22.4 Å². The first-order chi connectivity index (χ1) is 18.7. The molecule has 6 nitrogen and oxygen atoms in total. The number of alkyl halides is 3. The maximum absolute atomic E-state index is 13.6. The molecule has 5 rings (SSSR count). The fourth-order valence-corrected chi connectivity index (χ4v) is 4.79. The van der Waals surface area contributed by atoms with Crippen LogP contribution in [-0.2, 0) is 23.9 Å². The van der Waals surface area contributed by atoms with Crippen molar-refractivity contribution >= 4 is 45.2 Å². The molecule has 2 aromatic heterocycles. The topological polar surface area (TPSA) is 71.3 Å². The minimum Gasteiger partial charge on any atom is -0.342 e. The molecule has 198 valence electrons. The molecule has 39 heavy (non-hydrogen) atoms. The van der Waals surface area contributed by atoms with E-state index in [1.54, 1.807) is 17.7 Å². The maximum Gasteiger partial charge on any atom is 0.416 e. The second kappa shape index (κ2) is 11.1. The molecule has 0 spiro atoms. The third kappa shape index (κ3) is 6.50. The summed E-state index contributed by atoms with van der Waals surface area (Å²) in [6.45, 7) is 0.471. The molecule has 0 saturated heterocycles. The molecule has 0 bridgehead atoms. The van der Waals surface area contributed by atoms with Gasteiger partial charge < -0.3 is 9.88 Å². The van der Waals surface area contributed by atoms with Gasteiger partial charge in [0.15, 0.2) is 5.13 Å². The summed E-state index contributed by atoms with van der Waals surface area (Å²) in [5, 5.41) is 9.87. The minimum absolute atomic E-state index is 0.0561. The number of benzene rings is 3. The van der Waals surface area contributed by atoms with Crippen molar-refractivity contribution in [2.45, 2.75) is 19.1 Å². The highest BCUT2D eigenvalue weighted by molar-refractivity contribution is 7.13. The molecule has 0 radical (unpaired) electrons. The van der Waals surface area contributed by atoms with Crippen molar-refractivity contribution in [3.8, 4) is 0 Å². The summed E-state index contributed by atoms with van der Waals surface area (Å²) >= 11 is 1.18. The lowest BCUT2D eigenvalue weighted by atomic mass is 10.2. The first-order valence-electron chi connectivity index (χ1n) is 11.8. The highest BCUT2D eigenvalue weighted by Gasteiger charge is 2.30. The van der Waals surface area contributed by atoms with Crippen molar-refractivity contribution in [1.82, 2.24) is 15.0 Å². The Kier molecular flexibility index (Phi) is 7.42. The Morgan fingerprint density at radius 3 is 2.69 bits per heavy atom. The van der Waals surface area contributed by atoms with Gasteiger partial charge in [0, 0.05) is 40.3 Å². The number of carbonyl (C=O) groups is 1. The number of anilines is 2. The third-order valence-corrected chi connectivity index (χ3v) is 6.60. The predicted molar refractivity (Wildman–Crippen MR) is 144 cm³/mol. The van der Waals surface area contributed by atoms with E-state index in [9.17, 15) is 22.4 Å². The number of fused-ring (bicyclic) bond motifs is 1. The van der Waals surface area contributed by atoms with Crippen LogP contribution in [0.5, 0.6) is 0 Å². The van der Waals surface area contributed by atoms with Gasteiger partial charge in [-0.1, -0.05) is 36.4 Å². The van der Waals surface area contributed by atoms with E-state index in [4.69, 9.17) is 0 Å². The Bertz CT molecular complexity index is 1660. The molecule has 11 heteroatoms. The van der Waals surface area contributed by atoms with Gasteiger partial charge in [-0.2, -0.15) is 18.3 Å². The van der Waals surface area contributed by atoms with E-state index in [-0.39, 0.29) is 17.9 Å². The number of aromatic nitrogens is 2. The first-order valence-corrected chi connectivity index (χ1v) is 12.7. The summed E-state index contributed by atoms with van der Waals surface area (Å²) in [6, 6.07) is 18.9. The maximum atomic E-state index is 13.6. The first kappa shape index (κ1) is 26.1. The van der Waals surface area contributed by atoms with Crippen LogP contribution in [-0.4, -0.2) is 21.7 Å². The van der Waals surface area contributed by atoms with Crippen LogP contribution in [0.2, 0.25) is 0 Å². The lowest BCUT2D eigenvalue weighted by Crippen LogP contribution is -2.19. The summed E-state index contributed by atoms with van der Waals surface area (Å²) in [6.07, 6.45) is -1.07. The summed E-state index contributed by atoms with van der Waals surface area (Å²) in [4.78, 5) is 16.7. The number of halogens is 4. The zero-order valence-corrected chi connectivity index (χ0v) is 21.1. The van der Waals surface area contributed by atoms with Gasteiger partial charge in [0.05, 0.1) is 23.9 Å². The number of thiazole rings is 1. The van der Waals surface area contributed by atoms with E-state index in [1.165, 1.54) is 35.6 Å². The predicted octanol–water partition coefficient (Wildman–Crippen LogP) is 6.74. The van der Waals surface area contributed by atoms with Gasteiger partial charge in [-0.25, -0.2) is 14.8 Å². The second-order valence-corrected chi connectivity index (χ2v) is 9.54. The van der Waals surface area contributed by atoms with Crippen molar-refractivity contribution in [2.24, 2.45) is 5.10 Å². The van der Waals surface area contributed by atoms with Crippen LogP contribution in [0.15, 0.2) is 89.5 Å². The van der Waals surface area contributed by atoms with Gasteiger partial charge in [0.25, 0.3) is 0 Å². The Balaban J connectivity index is 1.21. The summed E-state index contributed by atoms with van der Waals surface area (Å²) in [5.74, 6) is -0.696. The Morgan fingerprint density at radius 1 is 1.05 bits per heavy atom. The molecule has 2 N–H and O–H groups in total. The van der Waals surface area contributed by atoms with Crippen LogP contribution in [0.25, 0.3) is 10.9 Å². The molecule has 0 fully saturated rings. The zero-order valence-electron chi connectivity index (χ0n) is 20.2. The third-order valence-electron chi connectivity index (χ3n) is 5.79. The number of amides is 1. The molecule has 0 unspecified atom stereocenters. The molecule has 0 aliphatic carbocycles. The Labute approximate surface area is 224 Å². The van der Waals surface area contributed by atoms with Gasteiger partial charge in [-0.3, -0.25) is 4.79 Å². The molecule has 2 heterocycles. The quantitative estimate of drug-likeness (QED) is 0.127. The number of nitrogens with zero attached hydrogens (tertiary/aromatic N) is 3. The van der Waals surface area contributed by atoms with Crippen molar-refractivity contribution in [2.75, 3.05) is 5.32 Å². The molecular weight excluding hydrogens is 530 g/mol. The number of nitrogens with one attached hydrogen (secondary N) is 2. The van der Waals surface area contributed by atoms with Crippen LogP contribution in [0.4, 0.5) is 28.4 Å². The summed E-state index contributed by atoms with van der Waals surface area (Å²) < 4.78 is 54.4. The second-order valence-electron chi connectivity index (χ2n) is 8.68. The van der Waals surface area contributed by atoms with Gasteiger partial charge in [-0.05, 0) is 42.0 Å². The molecule has 3 aromatic carbocycles. The number of hydrogen-bond donors (Lipinski definition) is 2. The van der Waals surface area contributed by atoms with Crippen molar-refractivity contribution in [1.29, 1.82) is 0 Å². The molecule has 1 amide bonds. The smallest absolute Gasteiger partial charge is 0.342 e. The van der Waals surface area contributed by atoms with E-state index in [1.807, 2.05) is 41.1 Å². The monoisotopic (exact) mass is 551 g/mol. The van der Waals surface area contributed by atoms with Gasteiger partial charge >= 0.3 is 6.18 Å². The number of hydrogen-bond acceptors (Lipinski definition) is 5. The number of hydrazone groups is 1. The normalized spacial score (nSPS) is 11.8. The zero-order chi connectivity index (χ0) is 27.4. The number of carbonyl (C=O) groups excluding carboxylic acids is 1. The highest BCUT2D eigenvalue weighted by Crippen LogP contribution is 2.32. The molecular formula is C28H21F4N5OS. The minimum atomic E-state index is -4.44. The van der Waals surface area contributed by atoms with E-state index >= 15 is 0 Å². The fourth-order valence-electron chi connectivity index (χ4n) is 4.06. The van der Waals surface area contributed by atoms with Gasteiger partial charge in [0.2, 0.25) is 5.91 Å². The number of rotatable bonds is 8. The largest absolute Gasteiger partial charge is 0.416 e. The summed E-state index contributed by atoms with van der Waals surface area (Å²) in [5.41, 5.74) is 4.96. The van der Waals surface area contributed by atoms with E-state index < -0.39 is 17.6 Å². The van der Waals surface area contributed by atoms with Gasteiger partial charge in [-0.15, -0.1) is 11.3 Å². The van der Waals surface area contributed by atoms with Crippen LogP contribution < -0.4 is 10.7 Å². The van der Waals surface area contributed by atoms with Crippen LogP contribution in [0.3, 0.4) is 0 Å². The average molecular weight is 552 g/mol. The van der Waals surface area contributed by atoms with E-state index in [0.29, 0.717) is 17.4 Å². The lowest BCUT2D eigenvalue weighted by molar-refractivity contribution is -0.137. The van der Waals surface area contributed by atoms with Crippen LogP contribution >= 0.6 is 11.3 Å². The molecule has 5 aromatic rings. The standard InChI is InChI=1S/C28H21F4N5OS/c29-21-7-3-5-18(11-21)15-37-16-19(24-9-1-2-10-25(24)37)14-33-36-26(38)13-23-17-39-27(35-23)34-22-8-4-6-20(12-22)28(30,31)32/h1-12,14,16-17H,13,15H2,(H,34,35)(H,36,38). The van der Waals surface area contributed by atoms with Crippen molar-refractivity contribution in [3.05, 3.63) is 113 Å². The number of para-hydroxylation sites is 1. The molecule has 0 aliphatic heterocycles. The molecule has 0 saturated carbocycles. The van der Waals surface area contributed by atoms with Gasteiger partial charge in [0.1, 0.15) is 5.82 Å². The molecule has 0 aliphatic rings. The fraction of sp³-hybridized carbons (Fsp3) is 0.107. The molecule has 0 atom stereocenters. The van der Waals surface area contributed by atoms with E-state index in [0.717, 1.165) is 34.2 Å². The Hall–Kier alpha value is -4.51. The summed E-state index contributed by atoms with van der Waals surface area (Å²) in [7, 11) is 0. The Morgan fingerprint density at radius 2 is 1.87 bits per heavy atom. The SMILES string of the molecule is O=C(Cc1csc(Nc2cccc(C(F)(F)F)c2)n1)NN=Cc1cn(Cc2cccc(F)c2)c2ccccc12. The average Bonchev–Trinajstić information content (AvgIpc) is 3.48. The van der Waals surface area contributed by atoms with Crippen LogP contribution in [0, 0.1) is 5.82 Å².